The highest BCUT2D eigenvalue weighted by molar-refractivity contribution is 5.92. The van der Waals surface area contributed by atoms with E-state index in [1.54, 1.807) is 0 Å². The van der Waals surface area contributed by atoms with Crippen LogP contribution in [0.1, 0.15) is 17.0 Å². The van der Waals surface area contributed by atoms with Crippen LogP contribution in [0.3, 0.4) is 0 Å². The second-order valence-electron chi connectivity index (χ2n) is 6.41. The highest BCUT2D eigenvalue weighted by Gasteiger charge is 2.22. The van der Waals surface area contributed by atoms with E-state index < -0.39 is 0 Å². The minimum atomic E-state index is 0.0495. The molecule has 2 heterocycles. The van der Waals surface area contributed by atoms with Crippen LogP contribution in [0.15, 0.2) is 24.3 Å². The summed E-state index contributed by atoms with van der Waals surface area (Å²) in [6, 6.07) is 7.86. The molecule has 2 N–H and O–H groups in total. The Balaban J connectivity index is 1.52. The maximum atomic E-state index is 12.3. The lowest BCUT2D eigenvalue weighted by Gasteiger charge is -2.35. The molecule has 1 fully saturated rings. The first-order valence-electron chi connectivity index (χ1n) is 8.39. The smallest absolute Gasteiger partial charge is 0.238 e. The second-order valence-corrected chi connectivity index (χ2v) is 6.41. The van der Waals surface area contributed by atoms with Crippen molar-refractivity contribution < 1.29 is 4.79 Å². The van der Waals surface area contributed by atoms with Gasteiger partial charge in [-0.15, -0.1) is 0 Å². The van der Waals surface area contributed by atoms with Crippen LogP contribution in [0.5, 0.6) is 0 Å². The minimum Gasteiger partial charge on any atom is -0.366 e. The van der Waals surface area contributed by atoms with Crippen molar-refractivity contribution >= 4 is 17.3 Å². The normalized spacial score (nSPS) is 15.5. The number of rotatable bonds is 4. The van der Waals surface area contributed by atoms with Crippen LogP contribution in [-0.2, 0) is 4.79 Å². The number of carbonyl (C=O) groups is 1. The molecular weight excluding hydrogens is 302 g/mol. The van der Waals surface area contributed by atoms with Gasteiger partial charge in [0.25, 0.3) is 0 Å². The molecule has 0 aliphatic carbocycles. The van der Waals surface area contributed by atoms with Crippen molar-refractivity contribution in [2.75, 3.05) is 42.9 Å². The molecule has 2 aromatic rings. The lowest BCUT2D eigenvalue weighted by atomic mass is 10.2. The molecule has 0 unspecified atom stereocenters. The molecule has 0 radical (unpaired) electrons. The monoisotopic (exact) mass is 327 g/mol. The van der Waals surface area contributed by atoms with Crippen LogP contribution < -0.4 is 10.2 Å². The third kappa shape index (κ3) is 3.59. The molecule has 24 heavy (non-hydrogen) atoms. The van der Waals surface area contributed by atoms with Crippen molar-refractivity contribution in [3.63, 3.8) is 0 Å². The lowest BCUT2D eigenvalue weighted by molar-refractivity contribution is -0.117. The van der Waals surface area contributed by atoms with Gasteiger partial charge in [0.1, 0.15) is 0 Å². The van der Waals surface area contributed by atoms with Gasteiger partial charge in [0.15, 0.2) is 0 Å². The number of H-pyrrole nitrogens is 1. The Bertz CT molecular complexity index is 696. The number of benzene rings is 1. The van der Waals surface area contributed by atoms with Gasteiger partial charge in [-0.05, 0) is 32.4 Å². The number of amides is 1. The third-order valence-corrected chi connectivity index (χ3v) is 4.56. The number of hydrogen-bond donors (Lipinski definition) is 2. The van der Waals surface area contributed by atoms with Gasteiger partial charge in [0.2, 0.25) is 5.91 Å². The van der Waals surface area contributed by atoms with Crippen LogP contribution >= 0.6 is 0 Å². The van der Waals surface area contributed by atoms with Crippen molar-refractivity contribution in [1.29, 1.82) is 0 Å². The summed E-state index contributed by atoms with van der Waals surface area (Å²) in [5.41, 5.74) is 5.34. The summed E-state index contributed by atoms with van der Waals surface area (Å²) in [6.07, 6.45) is 0. The number of para-hydroxylation sites is 1. The Morgan fingerprint density at radius 1 is 1.17 bits per heavy atom. The number of piperazine rings is 1. The summed E-state index contributed by atoms with van der Waals surface area (Å²) in [5, 5.41) is 10.3. The van der Waals surface area contributed by atoms with Crippen LogP contribution in [0, 0.1) is 20.8 Å². The van der Waals surface area contributed by atoms with Gasteiger partial charge < -0.3 is 10.2 Å². The Kier molecular flexibility index (Phi) is 4.85. The quantitative estimate of drug-likeness (QED) is 0.903. The minimum absolute atomic E-state index is 0.0495. The van der Waals surface area contributed by atoms with Gasteiger partial charge in [-0.2, -0.15) is 5.10 Å². The first-order valence-corrected chi connectivity index (χ1v) is 8.39. The number of aromatic nitrogens is 2. The van der Waals surface area contributed by atoms with Crippen LogP contribution in [0.25, 0.3) is 0 Å². The summed E-state index contributed by atoms with van der Waals surface area (Å²) in [5.74, 6) is 0.0495. The van der Waals surface area contributed by atoms with Crippen molar-refractivity contribution in [3.8, 4) is 0 Å². The fourth-order valence-electron chi connectivity index (χ4n) is 3.25. The molecule has 1 aliphatic heterocycles. The van der Waals surface area contributed by atoms with Gasteiger partial charge in [-0.3, -0.25) is 14.8 Å². The predicted molar refractivity (Wildman–Crippen MR) is 96.5 cm³/mol. The molecule has 1 amide bonds. The number of carbonyl (C=O) groups excluding carboxylic acids is 1. The van der Waals surface area contributed by atoms with Crippen LogP contribution in [0.2, 0.25) is 0 Å². The molecular formula is C18H25N5O. The average molecular weight is 327 g/mol. The number of anilines is 2. The zero-order valence-electron chi connectivity index (χ0n) is 14.6. The average Bonchev–Trinajstić information content (AvgIpc) is 2.89. The lowest BCUT2D eigenvalue weighted by Crippen LogP contribution is -2.49. The Morgan fingerprint density at radius 2 is 1.88 bits per heavy atom. The topological polar surface area (TPSA) is 64.3 Å². The van der Waals surface area contributed by atoms with Crippen LogP contribution in [-0.4, -0.2) is 53.7 Å². The second kappa shape index (κ2) is 7.05. The van der Waals surface area contributed by atoms with Crippen molar-refractivity contribution in [2.24, 2.45) is 0 Å². The summed E-state index contributed by atoms with van der Waals surface area (Å²) in [4.78, 5) is 16.8. The third-order valence-electron chi connectivity index (χ3n) is 4.56. The van der Waals surface area contributed by atoms with Gasteiger partial charge in [0.05, 0.1) is 23.6 Å². The predicted octanol–water partition coefficient (Wildman–Crippen LogP) is 2.10. The van der Waals surface area contributed by atoms with Crippen molar-refractivity contribution in [3.05, 3.63) is 41.2 Å². The van der Waals surface area contributed by atoms with E-state index in [1.165, 1.54) is 5.69 Å². The van der Waals surface area contributed by atoms with E-state index in [1.807, 2.05) is 38.1 Å². The molecule has 0 spiro atoms. The first kappa shape index (κ1) is 16.5. The van der Waals surface area contributed by atoms with E-state index in [0.717, 1.165) is 48.8 Å². The number of nitrogens with one attached hydrogen (secondary N) is 2. The molecule has 0 atom stereocenters. The van der Waals surface area contributed by atoms with Gasteiger partial charge >= 0.3 is 0 Å². The fourth-order valence-corrected chi connectivity index (χ4v) is 3.25. The molecule has 3 rings (SSSR count). The number of nitrogens with zero attached hydrogens (tertiary/aromatic N) is 3. The summed E-state index contributed by atoms with van der Waals surface area (Å²) < 4.78 is 0. The van der Waals surface area contributed by atoms with E-state index in [-0.39, 0.29) is 5.91 Å². The fraction of sp³-hybridized carbons (Fsp3) is 0.444. The molecule has 1 saturated heterocycles. The van der Waals surface area contributed by atoms with E-state index in [9.17, 15) is 4.79 Å². The van der Waals surface area contributed by atoms with Crippen molar-refractivity contribution in [2.45, 2.75) is 20.8 Å². The summed E-state index contributed by atoms with van der Waals surface area (Å²) >= 11 is 0. The van der Waals surface area contributed by atoms with E-state index in [2.05, 4.69) is 32.2 Å². The molecule has 0 saturated carbocycles. The Labute approximate surface area is 142 Å². The van der Waals surface area contributed by atoms with Gasteiger partial charge in [-0.25, -0.2) is 0 Å². The summed E-state index contributed by atoms with van der Waals surface area (Å²) in [6.45, 7) is 10.1. The largest absolute Gasteiger partial charge is 0.366 e. The maximum Gasteiger partial charge on any atom is 0.238 e. The highest BCUT2D eigenvalue weighted by atomic mass is 16.2. The van der Waals surface area contributed by atoms with Crippen molar-refractivity contribution in [1.82, 2.24) is 15.1 Å². The number of aryl methyl sites for hydroxylation is 3. The molecule has 6 heteroatoms. The molecule has 1 aromatic heterocycles. The molecule has 6 nitrogen and oxygen atoms in total. The van der Waals surface area contributed by atoms with Crippen LogP contribution in [0.4, 0.5) is 11.4 Å². The van der Waals surface area contributed by atoms with Gasteiger partial charge in [0, 0.05) is 31.9 Å². The summed E-state index contributed by atoms with van der Waals surface area (Å²) in [7, 11) is 0. The SMILES string of the molecule is Cc1ccccc1NC(=O)CN1CCN(c2c(C)n[nH]c2C)CC1. The molecule has 0 bridgehead atoms. The molecule has 1 aromatic carbocycles. The van der Waals surface area contributed by atoms with Gasteiger partial charge in [-0.1, -0.05) is 18.2 Å². The van der Waals surface area contributed by atoms with E-state index in [0.29, 0.717) is 6.54 Å². The standard InChI is InChI=1S/C18H25N5O/c1-13-6-4-5-7-16(13)19-17(24)12-22-8-10-23(11-9-22)18-14(2)20-21-15(18)3/h4-7H,8-12H2,1-3H3,(H,19,24)(H,20,21). The zero-order chi connectivity index (χ0) is 17.1. The van der Waals surface area contributed by atoms with E-state index >= 15 is 0 Å². The molecule has 128 valence electrons. The number of hydrogen-bond acceptors (Lipinski definition) is 4. The maximum absolute atomic E-state index is 12.3. The Morgan fingerprint density at radius 3 is 2.50 bits per heavy atom. The first-order chi connectivity index (χ1) is 11.5. The highest BCUT2D eigenvalue weighted by Crippen LogP contribution is 2.23. The zero-order valence-corrected chi connectivity index (χ0v) is 14.6. The number of aromatic amines is 1. The Hall–Kier alpha value is -2.34. The molecule has 1 aliphatic rings. The van der Waals surface area contributed by atoms with E-state index in [4.69, 9.17) is 0 Å².